The molecule has 1 aliphatic rings. The summed E-state index contributed by atoms with van der Waals surface area (Å²) < 4.78 is 5.93. The van der Waals surface area contributed by atoms with Crippen LogP contribution in [0, 0.1) is 0 Å². The molecule has 1 fully saturated rings. The summed E-state index contributed by atoms with van der Waals surface area (Å²) in [6, 6.07) is 0. The fourth-order valence-electron chi connectivity index (χ4n) is 1.49. The molecule has 0 aliphatic heterocycles. The van der Waals surface area contributed by atoms with Gasteiger partial charge in [-0.3, -0.25) is 0 Å². The molecule has 0 N–H and O–H groups in total. The van der Waals surface area contributed by atoms with Gasteiger partial charge in [0.15, 0.2) is 0 Å². The SMILES string of the molecule is CC(OC1CCCC1)[SiH](C)C. The first-order valence-corrected chi connectivity index (χ1v) is 7.83. The lowest BCUT2D eigenvalue weighted by atomic mass is 10.3. The predicted octanol–water partition coefficient (Wildman–Crippen LogP) is 2.36. The minimum absolute atomic E-state index is 0.543. The molecule has 0 aromatic rings. The molecule has 1 rings (SSSR count). The average molecular weight is 172 g/mol. The van der Waals surface area contributed by atoms with Crippen LogP contribution in [0.15, 0.2) is 0 Å². The Labute approximate surface area is 71.7 Å². The number of ether oxygens (including phenoxy) is 1. The lowest BCUT2D eigenvalue weighted by Crippen LogP contribution is -2.28. The molecule has 0 radical (unpaired) electrons. The molecule has 1 saturated carbocycles. The maximum Gasteiger partial charge on any atom is 0.0652 e. The van der Waals surface area contributed by atoms with Crippen molar-refractivity contribution in [1.82, 2.24) is 0 Å². The molecule has 0 aromatic heterocycles. The zero-order valence-corrected chi connectivity index (χ0v) is 9.12. The van der Waals surface area contributed by atoms with Gasteiger partial charge in [-0.1, -0.05) is 25.9 Å². The molecule has 0 aromatic carbocycles. The van der Waals surface area contributed by atoms with Crippen LogP contribution in [-0.2, 0) is 4.74 Å². The maximum absolute atomic E-state index is 5.93. The van der Waals surface area contributed by atoms with Crippen LogP contribution in [0.1, 0.15) is 32.6 Å². The van der Waals surface area contributed by atoms with E-state index in [1.807, 2.05) is 0 Å². The Morgan fingerprint density at radius 2 is 1.82 bits per heavy atom. The van der Waals surface area contributed by atoms with Crippen molar-refractivity contribution in [3.63, 3.8) is 0 Å². The van der Waals surface area contributed by atoms with Gasteiger partial charge in [-0.15, -0.1) is 0 Å². The van der Waals surface area contributed by atoms with Crippen LogP contribution in [0.25, 0.3) is 0 Å². The third-order valence-electron chi connectivity index (χ3n) is 2.65. The lowest BCUT2D eigenvalue weighted by Gasteiger charge is -2.20. The van der Waals surface area contributed by atoms with E-state index < -0.39 is 8.80 Å². The molecule has 1 nitrogen and oxygen atoms in total. The van der Waals surface area contributed by atoms with E-state index in [4.69, 9.17) is 4.74 Å². The van der Waals surface area contributed by atoms with Gasteiger partial charge in [0.05, 0.1) is 14.9 Å². The minimum atomic E-state index is -0.543. The van der Waals surface area contributed by atoms with Gasteiger partial charge in [-0.25, -0.2) is 0 Å². The highest BCUT2D eigenvalue weighted by molar-refractivity contribution is 6.57. The van der Waals surface area contributed by atoms with Crippen LogP contribution in [0.4, 0.5) is 0 Å². The number of hydrogen-bond acceptors (Lipinski definition) is 1. The van der Waals surface area contributed by atoms with Crippen LogP contribution in [0.5, 0.6) is 0 Å². The average Bonchev–Trinajstić information content (AvgIpc) is 2.39. The molecule has 1 aliphatic carbocycles. The fourth-order valence-corrected chi connectivity index (χ4v) is 2.02. The van der Waals surface area contributed by atoms with Crippen molar-refractivity contribution in [3.05, 3.63) is 0 Å². The van der Waals surface area contributed by atoms with E-state index in [9.17, 15) is 0 Å². The van der Waals surface area contributed by atoms with E-state index in [0.717, 1.165) is 0 Å². The molecule has 11 heavy (non-hydrogen) atoms. The summed E-state index contributed by atoms with van der Waals surface area (Å²) in [7, 11) is -0.543. The van der Waals surface area contributed by atoms with Gasteiger partial charge < -0.3 is 4.74 Å². The van der Waals surface area contributed by atoms with E-state index in [0.29, 0.717) is 11.8 Å². The largest absolute Gasteiger partial charge is 0.379 e. The highest BCUT2D eigenvalue weighted by atomic mass is 28.3. The second-order valence-electron chi connectivity index (χ2n) is 3.99. The molecule has 0 bridgehead atoms. The van der Waals surface area contributed by atoms with E-state index in [1.54, 1.807) is 0 Å². The van der Waals surface area contributed by atoms with Crippen LogP contribution in [-0.4, -0.2) is 20.6 Å². The Balaban J connectivity index is 2.18. The summed E-state index contributed by atoms with van der Waals surface area (Å²) in [5.74, 6) is 0. The summed E-state index contributed by atoms with van der Waals surface area (Å²) in [5, 5.41) is 0. The topological polar surface area (TPSA) is 9.23 Å². The summed E-state index contributed by atoms with van der Waals surface area (Å²) in [6.45, 7) is 6.97. The predicted molar refractivity (Wildman–Crippen MR) is 51.7 cm³/mol. The zero-order chi connectivity index (χ0) is 8.27. The summed E-state index contributed by atoms with van der Waals surface area (Å²) in [4.78, 5) is 0. The third-order valence-corrected chi connectivity index (χ3v) is 4.68. The zero-order valence-electron chi connectivity index (χ0n) is 7.97. The van der Waals surface area contributed by atoms with Gasteiger partial charge >= 0.3 is 0 Å². The van der Waals surface area contributed by atoms with Crippen molar-refractivity contribution in [1.29, 1.82) is 0 Å². The number of hydrogen-bond donors (Lipinski definition) is 0. The molecule has 0 amide bonds. The Morgan fingerprint density at radius 3 is 2.27 bits per heavy atom. The Bertz CT molecular complexity index is 108. The Morgan fingerprint density at radius 1 is 1.27 bits per heavy atom. The van der Waals surface area contributed by atoms with E-state index in [-0.39, 0.29) is 0 Å². The van der Waals surface area contributed by atoms with E-state index >= 15 is 0 Å². The standard InChI is InChI=1S/C9H20OSi/c1-8(11(2)3)10-9-6-4-5-7-9/h8-9,11H,4-7H2,1-3H3. The number of rotatable bonds is 3. The summed E-state index contributed by atoms with van der Waals surface area (Å²) in [5.41, 5.74) is 0.582. The van der Waals surface area contributed by atoms with Crippen molar-refractivity contribution in [2.24, 2.45) is 0 Å². The van der Waals surface area contributed by atoms with Gasteiger partial charge in [-0.2, -0.15) is 0 Å². The first-order chi connectivity index (χ1) is 5.20. The minimum Gasteiger partial charge on any atom is -0.379 e. The normalized spacial score (nSPS) is 22.9. The summed E-state index contributed by atoms with van der Waals surface area (Å²) >= 11 is 0. The Hall–Kier alpha value is 0.177. The molecular formula is C9H20OSi. The molecule has 2 heteroatoms. The second kappa shape index (κ2) is 4.26. The van der Waals surface area contributed by atoms with Gasteiger partial charge in [0.2, 0.25) is 0 Å². The van der Waals surface area contributed by atoms with Gasteiger partial charge in [0, 0.05) is 5.73 Å². The fraction of sp³-hybridized carbons (Fsp3) is 1.00. The van der Waals surface area contributed by atoms with Crippen molar-refractivity contribution >= 4 is 8.80 Å². The van der Waals surface area contributed by atoms with Gasteiger partial charge in [-0.05, 0) is 19.8 Å². The third kappa shape index (κ3) is 2.95. The molecule has 0 spiro atoms. The van der Waals surface area contributed by atoms with E-state index in [1.165, 1.54) is 25.7 Å². The van der Waals surface area contributed by atoms with Crippen LogP contribution in [0.2, 0.25) is 13.1 Å². The van der Waals surface area contributed by atoms with Crippen molar-refractivity contribution in [2.75, 3.05) is 0 Å². The Kier molecular flexibility index (Phi) is 3.59. The first-order valence-electron chi connectivity index (χ1n) is 4.85. The molecule has 66 valence electrons. The summed E-state index contributed by atoms with van der Waals surface area (Å²) in [6.07, 6.45) is 6.00. The first kappa shape index (κ1) is 9.27. The highest BCUT2D eigenvalue weighted by Crippen LogP contribution is 2.22. The van der Waals surface area contributed by atoms with E-state index in [2.05, 4.69) is 20.0 Å². The van der Waals surface area contributed by atoms with Crippen LogP contribution >= 0.6 is 0 Å². The smallest absolute Gasteiger partial charge is 0.0652 e. The monoisotopic (exact) mass is 172 g/mol. The molecular weight excluding hydrogens is 152 g/mol. The van der Waals surface area contributed by atoms with Crippen molar-refractivity contribution < 1.29 is 4.74 Å². The lowest BCUT2D eigenvalue weighted by molar-refractivity contribution is 0.0411. The second-order valence-corrected chi connectivity index (χ2v) is 7.42. The quantitative estimate of drug-likeness (QED) is 0.594. The van der Waals surface area contributed by atoms with Crippen molar-refractivity contribution in [2.45, 2.75) is 57.5 Å². The van der Waals surface area contributed by atoms with Crippen molar-refractivity contribution in [3.8, 4) is 0 Å². The highest BCUT2D eigenvalue weighted by Gasteiger charge is 2.19. The molecule has 1 atom stereocenters. The molecule has 0 heterocycles. The molecule has 1 unspecified atom stereocenters. The van der Waals surface area contributed by atoms with Gasteiger partial charge in [0.25, 0.3) is 0 Å². The van der Waals surface area contributed by atoms with Crippen LogP contribution in [0.3, 0.4) is 0 Å². The maximum atomic E-state index is 5.93. The van der Waals surface area contributed by atoms with Gasteiger partial charge in [0.1, 0.15) is 0 Å². The molecule has 0 saturated heterocycles. The van der Waals surface area contributed by atoms with Crippen LogP contribution < -0.4 is 0 Å².